The molecular formula is C22H26N4O4. The number of hydrogen-bond donors (Lipinski definition) is 2. The van der Waals surface area contributed by atoms with Gasteiger partial charge in [-0.1, -0.05) is 18.2 Å². The van der Waals surface area contributed by atoms with Crippen LogP contribution in [0.5, 0.6) is 0 Å². The zero-order chi connectivity index (χ0) is 21.1. The van der Waals surface area contributed by atoms with Gasteiger partial charge in [0.2, 0.25) is 5.91 Å². The highest BCUT2D eigenvalue weighted by Crippen LogP contribution is 2.26. The van der Waals surface area contributed by atoms with Gasteiger partial charge in [-0.05, 0) is 37.6 Å². The summed E-state index contributed by atoms with van der Waals surface area (Å²) < 4.78 is 5.05. The van der Waals surface area contributed by atoms with Gasteiger partial charge < -0.3 is 20.0 Å². The van der Waals surface area contributed by atoms with E-state index in [1.165, 1.54) is 6.26 Å². The molecule has 3 heterocycles. The maximum atomic E-state index is 13.0. The van der Waals surface area contributed by atoms with Gasteiger partial charge in [0.1, 0.15) is 6.04 Å². The summed E-state index contributed by atoms with van der Waals surface area (Å²) in [4.78, 5) is 41.8. The van der Waals surface area contributed by atoms with E-state index in [4.69, 9.17) is 4.42 Å². The van der Waals surface area contributed by atoms with Crippen LogP contribution in [0.2, 0.25) is 0 Å². The van der Waals surface area contributed by atoms with Crippen LogP contribution >= 0.6 is 0 Å². The lowest BCUT2D eigenvalue weighted by molar-refractivity contribution is -0.122. The van der Waals surface area contributed by atoms with Gasteiger partial charge in [-0.25, -0.2) is 0 Å². The molecule has 2 bridgehead atoms. The van der Waals surface area contributed by atoms with Gasteiger partial charge >= 0.3 is 0 Å². The molecular weight excluding hydrogens is 384 g/mol. The van der Waals surface area contributed by atoms with Gasteiger partial charge in [0, 0.05) is 43.8 Å². The predicted molar refractivity (Wildman–Crippen MR) is 110 cm³/mol. The maximum absolute atomic E-state index is 13.0. The number of rotatable bonds is 6. The normalized spacial score (nSPS) is 23.6. The first kappa shape index (κ1) is 20.2. The van der Waals surface area contributed by atoms with Crippen molar-refractivity contribution in [1.82, 2.24) is 20.4 Å². The molecule has 8 nitrogen and oxygen atoms in total. The molecule has 1 unspecified atom stereocenters. The molecule has 0 spiro atoms. The van der Waals surface area contributed by atoms with E-state index in [0.29, 0.717) is 18.7 Å². The molecule has 0 saturated carbocycles. The fraction of sp³-hybridized carbons (Fsp3) is 0.409. The largest absolute Gasteiger partial charge is 0.459 e. The van der Waals surface area contributed by atoms with Crippen LogP contribution in [0, 0.1) is 0 Å². The molecule has 2 N–H and O–H groups in total. The van der Waals surface area contributed by atoms with Crippen molar-refractivity contribution in [3.63, 3.8) is 0 Å². The van der Waals surface area contributed by atoms with Gasteiger partial charge in [-0.2, -0.15) is 0 Å². The molecule has 2 saturated heterocycles. The summed E-state index contributed by atoms with van der Waals surface area (Å²) in [5.74, 6) is -0.489. The van der Waals surface area contributed by atoms with E-state index in [1.807, 2.05) is 35.2 Å². The minimum atomic E-state index is -0.695. The fourth-order valence-corrected chi connectivity index (χ4v) is 4.15. The minimum absolute atomic E-state index is 0.0394. The van der Waals surface area contributed by atoms with Crippen molar-refractivity contribution in [2.75, 3.05) is 26.2 Å². The van der Waals surface area contributed by atoms with Crippen molar-refractivity contribution in [2.24, 2.45) is 0 Å². The first-order chi connectivity index (χ1) is 14.5. The van der Waals surface area contributed by atoms with Gasteiger partial charge in [0.15, 0.2) is 5.76 Å². The Bertz CT molecular complexity index is 899. The lowest BCUT2D eigenvalue weighted by Crippen LogP contribution is -2.58. The van der Waals surface area contributed by atoms with Crippen LogP contribution in [0.3, 0.4) is 0 Å². The van der Waals surface area contributed by atoms with Crippen molar-refractivity contribution in [3.8, 4) is 0 Å². The molecule has 2 aliphatic heterocycles. The van der Waals surface area contributed by atoms with E-state index in [0.717, 1.165) is 19.5 Å². The van der Waals surface area contributed by atoms with Crippen LogP contribution in [0.4, 0.5) is 0 Å². The minimum Gasteiger partial charge on any atom is -0.459 e. The van der Waals surface area contributed by atoms with E-state index >= 15 is 0 Å². The molecule has 8 heteroatoms. The lowest BCUT2D eigenvalue weighted by Gasteiger charge is -2.40. The second-order valence-corrected chi connectivity index (χ2v) is 7.83. The Kier molecular flexibility index (Phi) is 5.85. The molecule has 2 aromatic rings. The molecule has 2 aliphatic rings. The Balaban J connectivity index is 1.33. The quantitative estimate of drug-likeness (QED) is 0.744. The van der Waals surface area contributed by atoms with Crippen molar-refractivity contribution < 1.29 is 18.8 Å². The molecule has 30 heavy (non-hydrogen) atoms. The third-order valence-electron chi connectivity index (χ3n) is 5.84. The first-order valence-corrected chi connectivity index (χ1v) is 10.2. The van der Waals surface area contributed by atoms with Gasteiger partial charge in [0.25, 0.3) is 11.8 Å². The molecule has 0 radical (unpaired) electrons. The Morgan fingerprint density at radius 3 is 2.67 bits per heavy atom. The Hall–Kier alpha value is -3.13. The first-order valence-electron chi connectivity index (χ1n) is 10.2. The van der Waals surface area contributed by atoms with Gasteiger partial charge in [-0.3, -0.25) is 19.3 Å². The number of amides is 3. The number of piperazine rings is 1. The Morgan fingerprint density at radius 1 is 1.13 bits per heavy atom. The molecule has 3 amide bonds. The highest BCUT2D eigenvalue weighted by Gasteiger charge is 2.41. The zero-order valence-electron chi connectivity index (χ0n) is 16.9. The van der Waals surface area contributed by atoms with E-state index in [1.54, 1.807) is 19.1 Å². The Labute approximate surface area is 175 Å². The summed E-state index contributed by atoms with van der Waals surface area (Å²) in [5.41, 5.74) is 0.690. The number of carbonyl (C=O) groups excluding carboxylic acids is 3. The topological polar surface area (TPSA) is 94.9 Å². The smallest absolute Gasteiger partial charge is 0.287 e. The number of benzene rings is 1. The van der Waals surface area contributed by atoms with Crippen LogP contribution in [0.1, 0.15) is 34.3 Å². The van der Waals surface area contributed by atoms with E-state index in [2.05, 4.69) is 15.5 Å². The van der Waals surface area contributed by atoms with Gasteiger partial charge in [0.05, 0.1) is 6.26 Å². The highest BCUT2D eigenvalue weighted by molar-refractivity contribution is 5.95. The molecule has 0 aliphatic carbocycles. The number of nitrogens with one attached hydrogen (secondary N) is 2. The summed E-state index contributed by atoms with van der Waals surface area (Å²) in [7, 11) is 0. The highest BCUT2D eigenvalue weighted by atomic mass is 16.3. The van der Waals surface area contributed by atoms with Crippen LogP contribution in [-0.4, -0.2) is 71.8 Å². The van der Waals surface area contributed by atoms with Crippen molar-refractivity contribution in [2.45, 2.75) is 31.5 Å². The third-order valence-corrected chi connectivity index (χ3v) is 5.84. The van der Waals surface area contributed by atoms with Crippen LogP contribution in [0.15, 0.2) is 53.1 Å². The predicted octanol–water partition coefficient (Wildman–Crippen LogP) is 1.11. The summed E-state index contributed by atoms with van der Waals surface area (Å²) >= 11 is 0. The second kappa shape index (κ2) is 8.71. The van der Waals surface area contributed by atoms with E-state index in [-0.39, 0.29) is 29.7 Å². The molecule has 2 fully saturated rings. The molecule has 1 aromatic carbocycles. The third kappa shape index (κ3) is 4.23. The maximum Gasteiger partial charge on any atom is 0.287 e. The summed E-state index contributed by atoms with van der Waals surface area (Å²) in [6, 6.07) is 12.0. The SMILES string of the molecule is C[C@@H](NC(=O)c1ccco1)C(=O)NC[C@@H]1CN(C(=O)c2ccccc2)[C@H]2CCN1C2. The second-order valence-electron chi connectivity index (χ2n) is 7.83. The summed E-state index contributed by atoms with van der Waals surface area (Å²) in [5, 5.41) is 5.55. The molecule has 158 valence electrons. The number of nitrogens with zero attached hydrogens (tertiary/aromatic N) is 2. The van der Waals surface area contributed by atoms with Gasteiger partial charge in [-0.15, -0.1) is 0 Å². The summed E-state index contributed by atoms with van der Waals surface area (Å²) in [6.45, 7) is 4.36. The average Bonchev–Trinajstić information content (AvgIpc) is 3.44. The summed E-state index contributed by atoms with van der Waals surface area (Å²) in [6.07, 6.45) is 2.35. The van der Waals surface area contributed by atoms with E-state index in [9.17, 15) is 14.4 Å². The molecule has 4 rings (SSSR count). The van der Waals surface area contributed by atoms with Crippen molar-refractivity contribution in [3.05, 3.63) is 60.1 Å². The average molecular weight is 410 g/mol. The number of fused-ring (bicyclic) bond motifs is 2. The lowest BCUT2D eigenvalue weighted by atomic mass is 10.1. The standard InChI is InChI=1S/C22H26N4O4/c1-15(24-21(28)19-8-5-11-30-19)20(27)23-12-18-14-26(17-9-10-25(18)13-17)22(29)16-6-3-2-4-7-16/h2-8,11,15,17-18H,9-10,12-14H2,1H3,(H,23,27)(H,24,28)/t15-,17+,18-/m1/s1. The monoisotopic (exact) mass is 410 g/mol. The van der Waals surface area contributed by atoms with E-state index < -0.39 is 11.9 Å². The van der Waals surface area contributed by atoms with Crippen molar-refractivity contribution in [1.29, 1.82) is 0 Å². The molecule has 1 aromatic heterocycles. The number of hydrogen-bond acceptors (Lipinski definition) is 5. The Morgan fingerprint density at radius 2 is 1.93 bits per heavy atom. The van der Waals surface area contributed by atoms with Crippen LogP contribution < -0.4 is 10.6 Å². The fourth-order valence-electron chi connectivity index (χ4n) is 4.15. The van der Waals surface area contributed by atoms with Crippen LogP contribution in [-0.2, 0) is 4.79 Å². The number of furan rings is 1. The molecule has 4 atom stereocenters. The van der Waals surface area contributed by atoms with Crippen LogP contribution in [0.25, 0.3) is 0 Å². The zero-order valence-corrected chi connectivity index (χ0v) is 16.9. The number of carbonyl (C=O) groups is 3. The van der Waals surface area contributed by atoms with Crippen molar-refractivity contribution >= 4 is 17.7 Å².